The molecule has 0 radical (unpaired) electrons. The first-order chi connectivity index (χ1) is 10.9. The van der Waals surface area contributed by atoms with Crippen LogP contribution >= 0.6 is 0 Å². The molecule has 1 fully saturated rings. The predicted octanol–water partition coefficient (Wildman–Crippen LogP) is -0.166. The molecule has 0 spiro atoms. The Labute approximate surface area is 133 Å². The molecule has 0 bridgehead atoms. The van der Waals surface area contributed by atoms with E-state index in [1.165, 1.54) is 0 Å². The lowest BCUT2D eigenvalue weighted by Crippen LogP contribution is -2.41. The number of hydrogen-bond donors (Lipinski definition) is 1. The Morgan fingerprint density at radius 3 is 2.30 bits per heavy atom. The third-order valence-electron chi connectivity index (χ3n) is 4.09. The van der Waals surface area contributed by atoms with Gasteiger partial charge in [0.15, 0.2) is 9.84 Å². The van der Waals surface area contributed by atoms with Gasteiger partial charge in [0.05, 0.1) is 22.6 Å². The fourth-order valence-corrected chi connectivity index (χ4v) is 4.74. The Morgan fingerprint density at radius 2 is 1.78 bits per heavy atom. The zero-order valence-electron chi connectivity index (χ0n) is 12.3. The van der Waals surface area contributed by atoms with Crippen LogP contribution < -0.4 is 5.32 Å². The van der Waals surface area contributed by atoms with Gasteiger partial charge in [0.1, 0.15) is 6.54 Å². The summed E-state index contributed by atoms with van der Waals surface area (Å²) in [5.41, 5.74) is 0.597. The van der Waals surface area contributed by atoms with Crippen LogP contribution in [-0.4, -0.2) is 55.6 Å². The largest absolute Gasteiger partial charge is 0.354 e. The molecule has 23 heavy (non-hydrogen) atoms. The minimum absolute atomic E-state index is 0.0697. The van der Waals surface area contributed by atoms with Crippen molar-refractivity contribution < 1.29 is 22.8 Å². The quantitative estimate of drug-likeness (QED) is 0.770. The molecule has 122 valence electrons. The van der Waals surface area contributed by atoms with Crippen LogP contribution in [0.3, 0.4) is 0 Å². The number of imide groups is 1. The first-order valence-electron chi connectivity index (χ1n) is 7.30. The summed E-state index contributed by atoms with van der Waals surface area (Å²) in [6.45, 7) is -0.118. The number of carbonyl (C=O) groups excluding carboxylic acids is 3. The van der Waals surface area contributed by atoms with Gasteiger partial charge in [0.25, 0.3) is 11.8 Å². The van der Waals surface area contributed by atoms with Gasteiger partial charge in [0, 0.05) is 6.54 Å². The predicted molar refractivity (Wildman–Crippen MR) is 81.6 cm³/mol. The average Bonchev–Trinajstić information content (AvgIpc) is 2.98. The molecule has 2 heterocycles. The monoisotopic (exact) mass is 336 g/mol. The van der Waals surface area contributed by atoms with E-state index >= 15 is 0 Å². The summed E-state index contributed by atoms with van der Waals surface area (Å²) in [5, 5.41) is 2.61. The second kappa shape index (κ2) is 5.77. The van der Waals surface area contributed by atoms with Crippen LogP contribution in [0.2, 0.25) is 0 Å². The number of carbonyl (C=O) groups is 3. The van der Waals surface area contributed by atoms with E-state index in [2.05, 4.69) is 5.32 Å². The standard InChI is InChI=1S/C15H16N2O5S/c18-13(16-7-10-5-6-23(21,22)9-10)8-17-14(19)11-3-1-2-4-12(11)15(17)20/h1-4,10H,5-9H2,(H,16,18). The Hall–Kier alpha value is -2.22. The van der Waals surface area contributed by atoms with Crippen molar-refractivity contribution in [2.45, 2.75) is 6.42 Å². The topological polar surface area (TPSA) is 101 Å². The zero-order valence-corrected chi connectivity index (χ0v) is 13.1. The van der Waals surface area contributed by atoms with E-state index in [1.54, 1.807) is 24.3 Å². The van der Waals surface area contributed by atoms with Gasteiger partial charge in [-0.1, -0.05) is 12.1 Å². The molecule has 1 atom stereocenters. The van der Waals surface area contributed by atoms with Gasteiger partial charge >= 0.3 is 0 Å². The van der Waals surface area contributed by atoms with Crippen molar-refractivity contribution in [1.29, 1.82) is 0 Å². The second-order valence-corrected chi connectivity index (χ2v) is 8.04. The van der Waals surface area contributed by atoms with Crippen LogP contribution in [0, 0.1) is 5.92 Å². The molecular weight excluding hydrogens is 320 g/mol. The van der Waals surface area contributed by atoms with E-state index in [1.807, 2.05) is 0 Å². The maximum atomic E-state index is 12.1. The molecule has 3 rings (SSSR count). The summed E-state index contributed by atoms with van der Waals surface area (Å²) in [5.74, 6) is -1.32. The molecule has 0 aromatic heterocycles. The molecule has 2 aliphatic heterocycles. The van der Waals surface area contributed by atoms with Gasteiger partial charge in [-0.25, -0.2) is 8.42 Å². The number of hydrogen-bond acceptors (Lipinski definition) is 5. The number of nitrogens with zero attached hydrogens (tertiary/aromatic N) is 1. The van der Waals surface area contributed by atoms with Gasteiger partial charge in [0.2, 0.25) is 5.91 Å². The van der Waals surface area contributed by atoms with Crippen molar-refractivity contribution in [3.63, 3.8) is 0 Å². The van der Waals surface area contributed by atoms with Crippen molar-refractivity contribution in [2.75, 3.05) is 24.6 Å². The SMILES string of the molecule is O=C(CN1C(=O)c2ccccc2C1=O)NCC1CCS(=O)(=O)C1. The summed E-state index contributed by atoms with van der Waals surface area (Å²) < 4.78 is 22.7. The maximum Gasteiger partial charge on any atom is 0.262 e. The van der Waals surface area contributed by atoms with Crippen LogP contribution in [0.15, 0.2) is 24.3 Å². The smallest absolute Gasteiger partial charge is 0.262 e. The fourth-order valence-electron chi connectivity index (χ4n) is 2.87. The normalized spacial score (nSPS) is 22.3. The van der Waals surface area contributed by atoms with E-state index in [-0.39, 0.29) is 30.5 Å². The number of fused-ring (bicyclic) bond motifs is 1. The summed E-state index contributed by atoms with van der Waals surface area (Å²) >= 11 is 0. The van der Waals surface area contributed by atoms with Crippen molar-refractivity contribution in [1.82, 2.24) is 10.2 Å². The van der Waals surface area contributed by atoms with E-state index < -0.39 is 27.6 Å². The Balaban J connectivity index is 1.57. The highest BCUT2D eigenvalue weighted by molar-refractivity contribution is 7.91. The third kappa shape index (κ3) is 3.12. The van der Waals surface area contributed by atoms with Gasteiger partial charge in [-0.2, -0.15) is 0 Å². The third-order valence-corrected chi connectivity index (χ3v) is 5.93. The molecule has 2 aliphatic rings. The second-order valence-electron chi connectivity index (χ2n) is 5.82. The summed E-state index contributed by atoms with van der Waals surface area (Å²) in [4.78, 5) is 37.1. The Kier molecular flexibility index (Phi) is 3.93. The summed E-state index contributed by atoms with van der Waals surface area (Å²) in [6, 6.07) is 6.43. The van der Waals surface area contributed by atoms with Gasteiger partial charge in [-0.15, -0.1) is 0 Å². The number of benzene rings is 1. The van der Waals surface area contributed by atoms with Crippen molar-refractivity contribution in [2.24, 2.45) is 5.92 Å². The van der Waals surface area contributed by atoms with E-state index in [4.69, 9.17) is 0 Å². The van der Waals surface area contributed by atoms with E-state index in [9.17, 15) is 22.8 Å². The number of amides is 3. The highest BCUT2D eigenvalue weighted by atomic mass is 32.2. The molecule has 3 amide bonds. The van der Waals surface area contributed by atoms with Crippen LogP contribution in [0.5, 0.6) is 0 Å². The van der Waals surface area contributed by atoms with Gasteiger partial charge < -0.3 is 5.32 Å². The maximum absolute atomic E-state index is 12.1. The minimum atomic E-state index is -2.99. The Morgan fingerprint density at radius 1 is 1.17 bits per heavy atom. The molecule has 1 saturated heterocycles. The summed E-state index contributed by atoms with van der Waals surface area (Å²) in [6.07, 6.45) is 0.523. The molecule has 0 saturated carbocycles. The Bertz CT molecular complexity index is 752. The first-order valence-corrected chi connectivity index (χ1v) is 9.12. The van der Waals surface area contributed by atoms with Crippen LogP contribution in [-0.2, 0) is 14.6 Å². The van der Waals surface area contributed by atoms with Gasteiger partial charge in [-0.05, 0) is 24.5 Å². The first kappa shape index (κ1) is 15.7. The van der Waals surface area contributed by atoms with Crippen LogP contribution in [0.25, 0.3) is 0 Å². The minimum Gasteiger partial charge on any atom is -0.354 e. The molecule has 1 aromatic carbocycles. The van der Waals surface area contributed by atoms with E-state index in [0.29, 0.717) is 17.5 Å². The molecule has 1 unspecified atom stereocenters. The summed E-state index contributed by atoms with van der Waals surface area (Å²) in [7, 11) is -2.99. The number of rotatable bonds is 4. The zero-order chi connectivity index (χ0) is 16.6. The molecule has 0 aliphatic carbocycles. The van der Waals surface area contributed by atoms with Crippen molar-refractivity contribution >= 4 is 27.6 Å². The molecule has 8 heteroatoms. The average molecular weight is 336 g/mol. The fraction of sp³-hybridized carbons (Fsp3) is 0.400. The molecule has 1 N–H and O–H groups in total. The lowest BCUT2D eigenvalue weighted by molar-refractivity contribution is -0.121. The highest BCUT2D eigenvalue weighted by Gasteiger charge is 2.36. The van der Waals surface area contributed by atoms with Crippen molar-refractivity contribution in [3.05, 3.63) is 35.4 Å². The highest BCUT2D eigenvalue weighted by Crippen LogP contribution is 2.22. The van der Waals surface area contributed by atoms with Gasteiger partial charge in [-0.3, -0.25) is 19.3 Å². The lowest BCUT2D eigenvalue weighted by Gasteiger charge is -2.15. The molecular formula is C15H16N2O5S. The lowest BCUT2D eigenvalue weighted by atomic mass is 10.1. The number of sulfone groups is 1. The van der Waals surface area contributed by atoms with Crippen molar-refractivity contribution in [3.8, 4) is 0 Å². The van der Waals surface area contributed by atoms with Crippen LogP contribution in [0.1, 0.15) is 27.1 Å². The number of nitrogens with one attached hydrogen (secondary N) is 1. The molecule has 7 nitrogen and oxygen atoms in total. The molecule has 1 aromatic rings. The van der Waals surface area contributed by atoms with E-state index in [0.717, 1.165) is 4.90 Å². The van der Waals surface area contributed by atoms with Crippen LogP contribution in [0.4, 0.5) is 0 Å².